The van der Waals surface area contributed by atoms with Gasteiger partial charge in [-0.2, -0.15) is 5.10 Å². The van der Waals surface area contributed by atoms with Crippen molar-refractivity contribution in [3.05, 3.63) is 100 Å². The molecule has 0 atom stereocenters. The first-order valence-electron chi connectivity index (χ1n) is 10.3. The molecule has 0 aliphatic carbocycles. The van der Waals surface area contributed by atoms with Crippen LogP contribution in [0.3, 0.4) is 0 Å². The Morgan fingerprint density at radius 1 is 1.03 bits per heavy atom. The summed E-state index contributed by atoms with van der Waals surface area (Å²) in [5.41, 5.74) is 5.00. The van der Waals surface area contributed by atoms with Crippen molar-refractivity contribution in [2.75, 3.05) is 6.61 Å². The summed E-state index contributed by atoms with van der Waals surface area (Å²) in [4.78, 5) is 24.2. The molecule has 0 unspecified atom stereocenters. The summed E-state index contributed by atoms with van der Waals surface area (Å²) in [6, 6.07) is 22.1. The van der Waals surface area contributed by atoms with Gasteiger partial charge in [0.05, 0.1) is 6.21 Å². The number of carbonyl (C=O) groups excluding carboxylic acids is 2. The molecule has 3 aromatic rings. The van der Waals surface area contributed by atoms with Gasteiger partial charge in [-0.1, -0.05) is 65.3 Å². The number of nitrogens with one attached hydrogen (secondary N) is 1. The van der Waals surface area contributed by atoms with Crippen LogP contribution in [0.5, 0.6) is 11.5 Å². The summed E-state index contributed by atoms with van der Waals surface area (Å²) in [6.07, 6.45) is 5.36. The Morgan fingerprint density at radius 3 is 2.52 bits per heavy atom. The van der Waals surface area contributed by atoms with Crippen molar-refractivity contribution >= 4 is 40.1 Å². The number of ether oxygens (including phenoxy) is 2. The number of benzene rings is 3. The topological polar surface area (TPSA) is 77.0 Å². The molecule has 1 N–H and O–H groups in total. The van der Waals surface area contributed by atoms with Crippen molar-refractivity contribution in [3.63, 3.8) is 0 Å². The lowest BCUT2D eigenvalue weighted by molar-refractivity contribution is -0.129. The molecule has 0 radical (unpaired) electrons. The Bertz CT molecular complexity index is 1140. The largest absolute Gasteiger partial charge is 0.484 e. The van der Waals surface area contributed by atoms with Gasteiger partial charge < -0.3 is 9.47 Å². The average molecular weight is 507 g/mol. The summed E-state index contributed by atoms with van der Waals surface area (Å²) in [7, 11) is 0. The zero-order chi connectivity index (χ0) is 23.5. The first-order chi connectivity index (χ1) is 16.0. The van der Waals surface area contributed by atoms with E-state index in [0.717, 1.165) is 16.5 Å². The Hall–Kier alpha value is -3.71. The van der Waals surface area contributed by atoms with Gasteiger partial charge in [0.25, 0.3) is 5.91 Å². The highest BCUT2D eigenvalue weighted by molar-refractivity contribution is 9.10. The molecule has 0 saturated heterocycles. The fourth-order valence-corrected chi connectivity index (χ4v) is 3.14. The molecule has 0 fully saturated rings. The minimum atomic E-state index is -0.526. The second-order valence-corrected chi connectivity index (χ2v) is 7.84. The third kappa shape index (κ3) is 8.05. The van der Waals surface area contributed by atoms with Crippen molar-refractivity contribution in [2.45, 2.75) is 13.3 Å². The third-order valence-electron chi connectivity index (χ3n) is 4.49. The zero-order valence-corrected chi connectivity index (χ0v) is 19.6. The van der Waals surface area contributed by atoms with E-state index in [4.69, 9.17) is 9.47 Å². The van der Waals surface area contributed by atoms with Crippen molar-refractivity contribution in [3.8, 4) is 11.5 Å². The molecule has 0 aromatic heterocycles. The van der Waals surface area contributed by atoms with Crippen LogP contribution in [0.2, 0.25) is 0 Å². The van der Waals surface area contributed by atoms with Crippen LogP contribution in [-0.2, 0) is 16.0 Å². The number of nitrogens with zero attached hydrogens (tertiary/aromatic N) is 1. The number of aryl methyl sites for hydroxylation is 1. The first-order valence-corrected chi connectivity index (χ1v) is 11.1. The fourth-order valence-electron chi connectivity index (χ4n) is 2.76. The van der Waals surface area contributed by atoms with Crippen molar-refractivity contribution in [1.82, 2.24) is 5.43 Å². The monoisotopic (exact) mass is 506 g/mol. The van der Waals surface area contributed by atoms with Crippen LogP contribution in [-0.4, -0.2) is 24.7 Å². The highest BCUT2D eigenvalue weighted by Crippen LogP contribution is 2.22. The molecule has 0 saturated carbocycles. The van der Waals surface area contributed by atoms with Gasteiger partial charge in [0.2, 0.25) is 0 Å². The zero-order valence-electron chi connectivity index (χ0n) is 18.0. The van der Waals surface area contributed by atoms with E-state index < -0.39 is 11.9 Å². The van der Waals surface area contributed by atoms with Gasteiger partial charge in [-0.3, -0.25) is 4.79 Å². The Balaban J connectivity index is 1.56. The molecule has 0 spiro atoms. The van der Waals surface area contributed by atoms with E-state index >= 15 is 0 Å². The smallest absolute Gasteiger partial charge is 0.336 e. The molecule has 7 heteroatoms. The van der Waals surface area contributed by atoms with Gasteiger partial charge >= 0.3 is 5.97 Å². The maximum Gasteiger partial charge on any atom is 0.336 e. The maximum absolute atomic E-state index is 12.2. The minimum absolute atomic E-state index is 0.173. The molecule has 3 rings (SSSR count). The second-order valence-electron chi connectivity index (χ2n) is 6.93. The van der Waals surface area contributed by atoms with Crippen LogP contribution >= 0.6 is 15.9 Å². The SMILES string of the molecule is CCc1ccc(OCC(=O)N/N=C/c2cc(Br)ccc2OC(=O)/C=C/c2ccccc2)cc1. The van der Waals surface area contributed by atoms with Gasteiger partial charge in [0.15, 0.2) is 6.61 Å². The molecule has 1 amide bonds. The van der Waals surface area contributed by atoms with Crippen LogP contribution in [0.4, 0.5) is 0 Å². The van der Waals surface area contributed by atoms with Crippen molar-refractivity contribution in [1.29, 1.82) is 0 Å². The summed E-state index contributed by atoms with van der Waals surface area (Å²) >= 11 is 3.38. The minimum Gasteiger partial charge on any atom is -0.484 e. The predicted octanol–water partition coefficient (Wildman–Crippen LogP) is 5.16. The Labute approximate surface area is 201 Å². The van der Waals surface area contributed by atoms with Crippen molar-refractivity contribution < 1.29 is 19.1 Å². The van der Waals surface area contributed by atoms with Crippen LogP contribution in [0.15, 0.2) is 88.4 Å². The molecular weight excluding hydrogens is 484 g/mol. The summed E-state index contributed by atoms with van der Waals surface area (Å²) in [5.74, 6) is -0.0187. The summed E-state index contributed by atoms with van der Waals surface area (Å²) < 4.78 is 11.7. The Morgan fingerprint density at radius 2 is 1.79 bits per heavy atom. The van der Waals surface area contributed by atoms with Crippen LogP contribution < -0.4 is 14.9 Å². The van der Waals surface area contributed by atoms with E-state index in [1.54, 1.807) is 24.3 Å². The van der Waals surface area contributed by atoms with Gasteiger partial charge in [-0.05, 0) is 54.0 Å². The molecule has 3 aromatic carbocycles. The van der Waals surface area contributed by atoms with Crippen LogP contribution in [0, 0.1) is 0 Å². The van der Waals surface area contributed by atoms with Gasteiger partial charge in [-0.25, -0.2) is 10.2 Å². The molecule has 0 bridgehead atoms. The molecule has 168 valence electrons. The molecule has 0 aliphatic rings. The van der Waals surface area contributed by atoms with E-state index in [1.807, 2.05) is 54.6 Å². The van der Waals surface area contributed by atoms with E-state index in [0.29, 0.717) is 17.1 Å². The predicted molar refractivity (Wildman–Crippen MR) is 132 cm³/mol. The van der Waals surface area contributed by atoms with E-state index in [1.165, 1.54) is 17.9 Å². The first kappa shape index (κ1) is 23.9. The lowest BCUT2D eigenvalue weighted by Crippen LogP contribution is -2.24. The number of hydrogen-bond donors (Lipinski definition) is 1. The van der Waals surface area contributed by atoms with Crippen molar-refractivity contribution in [2.24, 2.45) is 5.10 Å². The molecule has 0 heterocycles. The summed E-state index contributed by atoms with van der Waals surface area (Å²) in [5, 5.41) is 3.95. The molecule has 0 aliphatic heterocycles. The lowest BCUT2D eigenvalue weighted by Gasteiger charge is -2.07. The van der Waals surface area contributed by atoms with E-state index in [9.17, 15) is 9.59 Å². The van der Waals surface area contributed by atoms with Gasteiger partial charge in [0.1, 0.15) is 11.5 Å². The molecular formula is C26H23BrN2O4. The number of esters is 1. The van der Waals surface area contributed by atoms with Crippen LogP contribution in [0.1, 0.15) is 23.6 Å². The molecule has 6 nitrogen and oxygen atoms in total. The number of hydrazone groups is 1. The maximum atomic E-state index is 12.2. The average Bonchev–Trinajstić information content (AvgIpc) is 2.84. The lowest BCUT2D eigenvalue weighted by atomic mass is 10.2. The Kier molecular flexibility index (Phi) is 8.97. The fraction of sp³-hybridized carbons (Fsp3) is 0.115. The second kappa shape index (κ2) is 12.4. The number of amides is 1. The standard InChI is InChI=1S/C26H23BrN2O4/c1-2-19-8-12-23(13-9-19)32-18-25(30)29-28-17-21-16-22(27)11-14-24(21)33-26(31)15-10-20-6-4-3-5-7-20/h3-17H,2,18H2,1H3,(H,29,30)/b15-10+,28-17+. The van der Waals surface area contributed by atoms with Crippen LogP contribution in [0.25, 0.3) is 6.08 Å². The highest BCUT2D eigenvalue weighted by atomic mass is 79.9. The van der Waals surface area contributed by atoms with Gasteiger partial charge in [0, 0.05) is 16.1 Å². The van der Waals surface area contributed by atoms with E-state index in [2.05, 4.69) is 33.4 Å². The number of rotatable bonds is 9. The number of hydrogen-bond acceptors (Lipinski definition) is 5. The normalized spacial score (nSPS) is 11.0. The molecule has 33 heavy (non-hydrogen) atoms. The van der Waals surface area contributed by atoms with Gasteiger partial charge in [-0.15, -0.1) is 0 Å². The highest BCUT2D eigenvalue weighted by Gasteiger charge is 2.08. The van der Waals surface area contributed by atoms with E-state index in [-0.39, 0.29) is 6.61 Å². The summed E-state index contributed by atoms with van der Waals surface area (Å²) in [6.45, 7) is 1.90. The number of halogens is 1. The third-order valence-corrected chi connectivity index (χ3v) is 4.98. The number of carbonyl (C=O) groups is 2. The quantitative estimate of drug-likeness (QED) is 0.143.